The van der Waals surface area contributed by atoms with Crippen LogP contribution in [0.2, 0.25) is 0 Å². The Morgan fingerprint density at radius 2 is 1.94 bits per heavy atom. The molecule has 1 aromatic rings. The molecule has 0 aliphatic carbocycles. The van der Waals surface area contributed by atoms with E-state index in [4.69, 9.17) is 44.3 Å². The van der Waals surface area contributed by atoms with Gasteiger partial charge in [0.05, 0.1) is 5.88 Å². The van der Waals surface area contributed by atoms with Crippen LogP contribution >= 0.6 is 34.8 Å². The molecule has 0 radical (unpaired) electrons. The molecule has 33 heavy (non-hydrogen) atoms. The topological polar surface area (TPSA) is 137 Å². The molecular formula is C19H20Cl3N3O7S. The number of carbonyl (C=O) groups is 4. The van der Waals surface area contributed by atoms with Crippen molar-refractivity contribution in [3.63, 3.8) is 0 Å². The zero-order chi connectivity index (χ0) is 24.6. The fourth-order valence-electron chi connectivity index (χ4n) is 3.74. The van der Waals surface area contributed by atoms with E-state index < -0.39 is 61.4 Å². The first-order chi connectivity index (χ1) is 15.4. The van der Waals surface area contributed by atoms with E-state index >= 15 is 0 Å². The minimum absolute atomic E-state index is 0.0557. The Morgan fingerprint density at radius 3 is 2.52 bits per heavy atom. The summed E-state index contributed by atoms with van der Waals surface area (Å²) >= 11 is 15.0. The molecule has 1 aromatic carbocycles. The molecule has 2 heterocycles. The van der Waals surface area contributed by atoms with Crippen molar-refractivity contribution >= 4 is 70.4 Å². The van der Waals surface area contributed by atoms with Crippen molar-refractivity contribution in [3.05, 3.63) is 35.9 Å². The quantitative estimate of drug-likeness (QED) is 0.127. The second-order valence-corrected chi connectivity index (χ2v) is 11.6. The number of fused-ring (bicyclic) bond motifs is 1. The van der Waals surface area contributed by atoms with Gasteiger partial charge in [0.1, 0.15) is 6.61 Å². The van der Waals surface area contributed by atoms with Crippen LogP contribution in [0.3, 0.4) is 0 Å². The van der Waals surface area contributed by atoms with Gasteiger partial charge >= 0.3 is 12.1 Å². The SMILES string of the molecule is CC1(C)[C@H](C(=O)OCc2ccccc2)N2C(=O)[C@@](NC=O)(NC(=O)OC(Cl)(Cl)CCl)[C@H]2[S+]1[O-]. The van der Waals surface area contributed by atoms with Crippen molar-refractivity contribution in [2.75, 3.05) is 5.88 Å². The summed E-state index contributed by atoms with van der Waals surface area (Å²) in [7, 11) is 0. The Balaban J connectivity index is 1.84. The molecule has 0 saturated carbocycles. The average Bonchev–Trinajstić information content (AvgIpc) is 2.96. The van der Waals surface area contributed by atoms with Crippen LogP contribution in [0.15, 0.2) is 30.3 Å². The normalized spacial score (nSPS) is 27.8. The monoisotopic (exact) mass is 539 g/mol. The maximum atomic E-state index is 13.3. The van der Waals surface area contributed by atoms with Crippen molar-refractivity contribution in [3.8, 4) is 0 Å². The fourth-order valence-corrected chi connectivity index (χ4v) is 5.91. The number of amides is 3. The Bertz CT molecular complexity index is 952. The number of alkyl halides is 3. The summed E-state index contributed by atoms with van der Waals surface area (Å²) in [6.07, 6.45) is -1.15. The van der Waals surface area contributed by atoms with Crippen molar-refractivity contribution in [2.24, 2.45) is 0 Å². The highest BCUT2D eigenvalue weighted by atomic mass is 35.5. The van der Waals surface area contributed by atoms with Crippen LogP contribution < -0.4 is 10.6 Å². The number of alkyl carbamates (subject to hydrolysis) is 1. The summed E-state index contributed by atoms with van der Waals surface area (Å²) in [6, 6.07) is 7.63. The molecular weight excluding hydrogens is 521 g/mol. The van der Waals surface area contributed by atoms with Crippen LogP contribution in [0.4, 0.5) is 4.79 Å². The van der Waals surface area contributed by atoms with E-state index in [-0.39, 0.29) is 13.0 Å². The number of hydrogen-bond donors (Lipinski definition) is 2. The molecule has 3 amide bonds. The predicted molar refractivity (Wildman–Crippen MR) is 120 cm³/mol. The van der Waals surface area contributed by atoms with Crippen molar-refractivity contribution in [2.45, 2.75) is 46.8 Å². The molecule has 4 atom stereocenters. The molecule has 180 valence electrons. The molecule has 2 aliphatic heterocycles. The maximum absolute atomic E-state index is 13.3. The number of carbonyl (C=O) groups excluding carboxylic acids is 4. The van der Waals surface area contributed by atoms with E-state index in [0.717, 1.165) is 10.5 Å². The van der Waals surface area contributed by atoms with Gasteiger partial charge in [0.25, 0.3) is 16.1 Å². The lowest BCUT2D eigenvalue weighted by atomic mass is 9.91. The van der Waals surface area contributed by atoms with Crippen LogP contribution in [0.5, 0.6) is 0 Å². The van der Waals surface area contributed by atoms with E-state index in [1.54, 1.807) is 30.3 Å². The summed E-state index contributed by atoms with van der Waals surface area (Å²) < 4.78 is 20.0. The molecule has 2 fully saturated rings. The van der Waals surface area contributed by atoms with Crippen molar-refractivity contribution in [1.29, 1.82) is 0 Å². The second-order valence-electron chi connectivity index (χ2n) is 7.82. The lowest BCUT2D eigenvalue weighted by molar-refractivity contribution is -0.173. The Hall–Kier alpha value is -1.92. The first-order valence-electron chi connectivity index (χ1n) is 9.51. The molecule has 0 bridgehead atoms. The number of rotatable bonds is 8. The van der Waals surface area contributed by atoms with Crippen LogP contribution in [-0.4, -0.2) is 66.1 Å². The lowest BCUT2D eigenvalue weighted by Crippen LogP contribution is -2.86. The van der Waals surface area contributed by atoms with Gasteiger partial charge in [0.15, 0.2) is 10.8 Å². The number of nitrogens with one attached hydrogen (secondary N) is 2. The Kier molecular flexibility index (Phi) is 7.30. The number of ether oxygens (including phenoxy) is 2. The minimum Gasteiger partial charge on any atom is -0.614 e. The van der Waals surface area contributed by atoms with Gasteiger partial charge < -0.3 is 19.3 Å². The zero-order valence-corrected chi connectivity index (χ0v) is 20.5. The molecule has 2 saturated heterocycles. The molecule has 2 aliphatic rings. The van der Waals surface area contributed by atoms with Gasteiger partial charge in [-0.1, -0.05) is 53.5 Å². The Morgan fingerprint density at radius 1 is 1.30 bits per heavy atom. The smallest absolute Gasteiger partial charge is 0.412 e. The largest absolute Gasteiger partial charge is 0.614 e. The van der Waals surface area contributed by atoms with Gasteiger partial charge in [-0.3, -0.25) is 19.8 Å². The van der Waals surface area contributed by atoms with Gasteiger partial charge in [-0.05, 0) is 30.6 Å². The summed E-state index contributed by atoms with van der Waals surface area (Å²) in [5.41, 5.74) is -1.42. The first-order valence-corrected chi connectivity index (χ1v) is 12.0. The molecule has 1 unspecified atom stereocenters. The summed E-state index contributed by atoms with van der Waals surface area (Å²) in [5, 5.41) is 3.06. The van der Waals surface area contributed by atoms with Crippen LogP contribution in [0, 0.1) is 0 Å². The number of halogens is 3. The van der Waals surface area contributed by atoms with E-state index in [0.29, 0.717) is 0 Å². The van der Waals surface area contributed by atoms with Crippen LogP contribution in [-0.2, 0) is 41.6 Å². The third kappa shape index (κ3) is 4.57. The number of nitrogens with zero attached hydrogens (tertiary/aromatic N) is 1. The third-order valence-corrected chi connectivity index (χ3v) is 8.60. The van der Waals surface area contributed by atoms with Gasteiger partial charge in [0, 0.05) is 0 Å². The van der Waals surface area contributed by atoms with Gasteiger partial charge in [-0.25, -0.2) is 9.59 Å². The maximum Gasteiger partial charge on any atom is 0.412 e. The lowest BCUT2D eigenvalue weighted by Gasteiger charge is -2.49. The molecule has 0 aromatic heterocycles. The van der Waals surface area contributed by atoms with E-state index in [9.17, 15) is 23.7 Å². The number of β-lactam (4-membered cyclic amide) rings is 1. The highest BCUT2D eigenvalue weighted by Crippen LogP contribution is 2.50. The second kappa shape index (κ2) is 9.38. The van der Waals surface area contributed by atoms with Crippen molar-refractivity contribution in [1.82, 2.24) is 15.5 Å². The number of esters is 1. The van der Waals surface area contributed by atoms with E-state index in [2.05, 4.69) is 10.6 Å². The highest BCUT2D eigenvalue weighted by molar-refractivity contribution is 7.94. The third-order valence-electron chi connectivity index (χ3n) is 5.28. The molecule has 14 heteroatoms. The Labute approximate surface area is 207 Å². The average molecular weight is 541 g/mol. The molecule has 10 nitrogen and oxygen atoms in total. The number of hydrogen-bond acceptors (Lipinski definition) is 7. The summed E-state index contributed by atoms with van der Waals surface area (Å²) in [5.74, 6) is -2.16. The zero-order valence-electron chi connectivity index (χ0n) is 17.4. The highest BCUT2D eigenvalue weighted by Gasteiger charge is 2.80. The molecule has 3 rings (SSSR count). The molecule has 0 spiro atoms. The van der Waals surface area contributed by atoms with Gasteiger partial charge in [0.2, 0.25) is 11.8 Å². The van der Waals surface area contributed by atoms with Gasteiger partial charge in [-0.15, -0.1) is 11.6 Å². The fraction of sp³-hybridized carbons (Fsp3) is 0.474. The van der Waals surface area contributed by atoms with Crippen LogP contribution in [0.25, 0.3) is 0 Å². The predicted octanol–water partition coefficient (Wildman–Crippen LogP) is 1.35. The standard InChI is InChI=1S/C19H20Cl3N3O7S/c1-17(2)12(13(27)31-8-11-6-4-3-5-7-11)25-14(28)19(23-10-26,15(25)33(17)30)24-16(29)32-18(21,22)9-20/h3-7,10,12,15H,8-9H2,1-2H3,(H,23,26)(H,24,29)/t12-,15+,19+,33?/m0/s1. The van der Waals surface area contributed by atoms with E-state index in [1.807, 2.05) is 0 Å². The summed E-state index contributed by atoms with van der Waals surface area (Å²) in [4.78, 5) is 50.7. The number of benzene rings is 1. The van der Waals surface area contributed by atoms with Gasteiger partial charge in [-0.2, -0.15) is 0 Å². The first kappa shape index (κ1) is 25.7. The molecule has 2 N–H and O–H groups in total. The van der Waals surface area contributed by atoms with Crippen LogP contribution in [0.1, 0.15) is 19.4 Å². The minimum atomic E-state index is -2.15. The van der Waals surface area contributed by atoms with Crippen molar-refractivity contribution < 1.29 is 33.2 Å². The van der Waals surface area contributed by atoms with E-state index in [1.165, 1.54) is 13.8 Å². The summed E-state index contributed by atoms with van der Waals surface area (Å²) in [6.45, 7) is 2.98.